The second-order valence-electron chi connectivity index (χ2n) is 7.48. The number of halogens is 7. The number of amides is 2. The van der Waals surface area contributed by atoms with E-state index >= 15 is 0 Å². The molecule has 4 aromatic rings. The normalized spacial score (nSPS) is 10.0. The van der Waals surface area contributed by atoms with Gasteiger partial charge >= 0.3 is 0 Å². The number of benzene rings is 2. The van der Waals surface area contributed by atoms with Gasteiger partial charge in [-0.1, -0.05) is 93.3 Å². The SMILES string of the molecule is NC(=O)c1ncc(Cl)nc1Cl.NC(=O)c1ncc(Cl)nc1NCc1ccc(Cl)cc1Cl.NCc1ccc(Cl)cc1Cl. The van der Waals surface area contributed by atoms with Gasteiger partial charge < -0.3 is 22.5 Å². The summed E-state index contributed by atoms with van der Waals surface area (Å²) < 4.78 is 0. The Balaban J connectivity index is 0.000000236. The molecular weight excluding hydrogens is 680 g/mol. The van der Waals surface area contributed by atoms with E-state index in [0.29, 0.717) is 33.2 Å². The molecule has 0 unspecified atom stereocenters. The molecule has 2 amide bonds. The monoisotopic (exact) mass is 696 g/mol. The summed E-state index contributed by atoms with van der Waals surface area (Å²) in [5, 5.41) is 5.44. The van der Waals surface area contributed by atoms with Crippen molar-refractivity contribution in [2.24, 2.45) is 17.2 Å². The van der Waals surface area contributed by atoms with Gasteiger partial charge in [-0.3, -0.25) is 9.59 Å². The predicted molar refractivity (Wildman–Crippen MR) is 164 cm³/mol. The highest BCUT2D eigenvalue weighted by atomic mass is 35.5. The third kappa shape index (κ3) is 11.3. The zero-order valence-electron chi connectivity index (χ0n) is 20.5. The maximum atomic E-state index is 11.2. The van der Waals surface area contributed by atoms with Crippen LogP contribution in [0.25, 0.3) is 0 Å². The number of nitrogens with zero attached hydrogens (tertiary/aromatic N) is 4. The van der Waals surface area contributed by atoms with Crippen LogP contribution in [0.3, 0.4) is 0 Å². The van der Waals surface area contributed by atoms with E-state index < -0.39 is 11.8 Å². The van der Waals surface area contributed by atoms with Gasteiger partial charge in [0, 0.05) is 33.2 Å². The molecule has 41 heavy (non-hydrogen) atoms. The highest BCUT2D eigenvalue weighted by Gasteiger charge is 2.13. The standard InChI is InChI=1S/C12H9Cl3N4O.C7H7Cl2N.C5H3Cl2N3O/c13-7-2-1-6(8(14)3-7)4-18-12-10(11(16)20)17-5-9(15)19-12;8-6-2-1-5(4-10)7(9)3-6;6-2-1-9-3(5(8)11)4(7)10-2/h1-3,5H,4H2,(H2,16,20)(H,18,19);1-3H,4,10H2;1H,(H2,8,11). The number of carbonyl (C=O) groups is 2. The summed E-state index contributed by atoms with van der Waals surface area (Å²) in [4.78, 5) is 36.7. The minimum absolute atomic E-state index is 0.0134. The molecule has 17 heteroatoms. The Morgan fingerprint density at radius 1 is 0.707 bits per heavy atom. The average Bonchev–Trinajstić information content (AvgIpc) is 2.88. The van der Waals surface area contributed by atoms with Gasteiger partial charge in [0.15, 0.2) is 22.4 Å². The fraction of sp³-hybridized carbons (Fsp3) is 0.0833. The van der Waals surface area contributed by atoms with Crippen LogP contribution < -0.4 is 22.5 Å². The summed E-state index contributed by atoms with van der Waals surface area (Å²) in [5.74, 6) is -1.21. The lowest BCUT2D eigenvalue weighted by atomic mass is 10.2. The molecule has 4 rings (SSSR count). The number of nitrogens with one attached hydrogen (secondary N) is 1. The van der Waals surface area contributed by atoms with E-state index in [1.165, 1.54) is 12.4 Å². The van der Waals surface area contributed by atoms with Gasteiger partial charge in [0.05, 0.1) is 12.4 Å². The maximum absolute atomic E-state index is 11.2. The van der Waals surface area contributed by atoms with E-state index in [1.54, 1.807) is 30.3 Å². The largest absolute Gasteiger partial charge is 0.364 e. The molecule has 2 heterocycles. The lowest BCUT2D eigenvalue weighted by molar-refractivity contribution is 0.0987. The summed E-state index contributed by atoms with van der Waals surface area (Å²) in [6, 6.07) is 10.4. The van der Waals surface area contributed by atoms with Gasteiger partial charge in [0.2, 0.25) is 0 Å². The van der Waals surface area contributed by atoms with Crippen molar-refractivity contribution < 1.29 is 9.59 Å². The van der Waals surface area contributed by atoms with Crippen molar-refractivity contribution in [3.8, 4) is 0 Å². The number of hydrogen-bond donors (Lipinski definition) is 4. The van der Waals surface area contributed by atoms with Crippen LogP contribution in [-0.4, -0.2) is 31.8 Å². The number of nitrogens with two attached hydrogens (primary N) is 3. The molecule has 2 aromatic heterocycles. The summed E-state index contributed by atoms with van der Waals surface area (Å²) in [5.41, 5.74) is 17.1. The van der Waals surface area contributed by atoms with Crippen LogP contribution in [0.2, 0.25) is 35.5 Å². The molecule has 0 spiro atoms. The van der Waals surface area contributed by atoms with Gasteiger partial charge in [0.25, 0.3) is 11.8 Å². The molecule has 0 aliphatic rings. The molecule has 0 aliphatic heterocycles. The minimum Gasteiger partial charge on any atom is -0.364 e. The van der Waals surface area contributed by atoms with E-state index in [9.17, 15) is 9.59 Å². The maximum Gasteiger partial charge on any atom is 0.271 e. The van der Waals surface area contributed by atoms with Crippen molar-refractivity contribution >= 4 is 98.8 Å². The molecular formula is C24H19Cl7N8O2. The van der Waals surface area contributed by atoms with E-state index in [-0.39, 0.29) is 32.7 Å². The van der Waals surface area contributed by atoms with Crippen LogP contribution in [0, 0.1) is 0 Å². The van der Waals surface area contributed by atoms with Gasteiger partial charge in [-0.05, 0) is 35.4 Å². The number of anilines is 1. The molecule has 2 aromatic carbocycles. The first-order chi connectivity index (χ1) is 19.3. The number of primary amides is 2. The summed E-state index contributed by atoms with van der Waals surface area (Å²) in [7, 11) is 0. The second kappa shape index (κ2) is 16.7. The van der Waals surface area contributed by atoms with E-state index in [2.05, 4.69) is 25.3 Å². The van der Waals surface area contributed by atoms with Crippen molar-refractivity contribution in [3.05, 3.63) is 107 Å². The van der Waals surface area contributed by atoms with Crippen LogP contribution in [0.1, 0.15) is 32.1 Å². The van der Waals surface area contributed by atoms with Crippen LogP contribution in [0.4, 0.5) is 5.82 Å². The molecule has 0 fully saturated rings. The zero-order valence-corrected chi connectivity index (χ0v) is 25.8. The Kier molecular flexibility index (Phi) is 14.1. The van der Waals surface area contributed by atoms with Crippen molar-refractivity contribution in [2.75, 3.05) is 5.32 Å². The number of carbonyl (C=O) groups excluding carboxylic acids is 2. The van der Waals surface area contributed by atoms with Crippen molar-refractivity contribution in [2.45, 2.75) is 13.1 Å². The molecule has 216 valence electrons. The third-order valence-corrected chi connectivity index (χ3v) is 6.41. The lowest BCUT2D eigenvalue weighted by Gasteiger charge is -2.10. The summed E-state index contributed by atoms with van der Waals surface area (Å²) >= 11 is 39.9. The second-order valence-corrected chi connectivity index (χ2v) is 10.3. The Bertz CT molecular complexity index is 1540. The summed E-state index contributed by atoms with van der Waals surface area (Å²) in [6.07, 6.45) is 2.45. The molecule has 7 N–H and O–H groups in total. The van der Waals surface area contributed by atoms with Crippen molar-refractivity contribution in [3.63, 3.8) is 0 Å². The number of rotatable bonds is 6. The topological polar surface area (TPSA) is 176 Å². The van der Waals surface area contributed by atoms with Crippen LogP contribution in [0.5, 0.6) is 0 Å². The average molecular weight is 700 g/mol. The molecule has 0 aliphatic carbocycles. The van der Waals surface area contributed by atoms with E-state index in [4.69, 9.17) is 98.4 Å². The fourth-order valence-corrected chi connectivity index (χ4v) is 4.22. The van der Waals surface area contributed by atoms with Gasteiger partial charge in [-0.25, -0.2) is 19.9 Å². The van der Waals surface area contributed by atoms with E-state index in [0.717, 1.165) is 11.1 Å². The first-order valence-electron chi connectivity index (χ1n) is 10.9. The number of hydrogen-bond acceptors (Lipinski definition) is 8. The smallest absolute Gasteiger partial charge is 0.271 e. The van der Waals surface area contributed by atoms with Crippen LogP contribution in [0.15, 0.2) is 48.8 Å². The molecule has 0 bridgehead atoms. The number of aromatic nitrogens is 4. The van der Waals surface area contributed by atoms with Crippen molar-refractivity contribution in [1.82, 2.24) is 19.9 Å². The fourth-order valence-electron chi connectivity index (χ4n) is 2.71. The predicted octanol–water partition coefficient (Wildman–Crippen LogP) is 6.48. The first-order valence-corrected chi connectivity index (χ1v) is 13.6. The third-order valence-electron chi connectivity index (χ3n) is 4.61. The highest BCUT2D eigenvalue weighted by Crippen LogP contribution is 2.23. The van der Waals surface area contributed by atoms with Crippen LogP contribution in [-0.2, 0) is 13.1 Å². The Labute approximate surface area is 269 Å². The lowest BCUT2D eigenvalue weighted by Crippen LogP contribution is -2.17. The zero-order chi connectivity index (χ0) is 30.7. The van der Waals surface area contributed by atoms with Gasteiger partial charge in [0.1, 0.15) is 10.3 Å². The Morgan fingerprint density at radius 2 is 1.20 bits per heavy atom. The molecule has 10 nitrogen and oxygen atoms in total. The van der Waals surface area contributed by atoms with Crippen LogP contribution >= 0.6 is 81.2 Å². The van der Waals surface area contributed by atoms with Crippen molar-refractivity contribution in [1.29, 1.82) is 0 Å². The summed E-state index contributed by atoms with van der Waals surface area (Å²) in [6.45, 7) is 0.779. The first kappa shape index (κ1) is 34.5. The Hall–Kier alpha value is -2.67. The molecule has 0 radical (unpaired) electrons. The van der Waals surface area contributed by atoms with Gasteiger partial charge in [-0.2, -0.15) is 0 Å². The molecule has 0 atom stereocenters. The Morgan fingerprint density at radius 3 is 1.66 bits per heavy atom. The molecule has 0 saturated carbocycles. The highest BCUT2D eigenvalue weighted by molar-refractivity contribution is 6.36. The van der Waals surface area contributed by atoms with E-state index in [1.807, 2.05) is 6.07 Å². The minimum atomic E-state index is -0.723. The van der Waals surface area contributed by atoms with Gasteiger partial charge in [-0.15, -0.1) is 0 Å². The molecule has 0 saturated heterocycles. The quantitative estimate of drug-likeness (QED) is 0.177.